The van der Waals surface area contributed by atoms with Crippen molar-refractivity contribution in [2.45, 2.75) is 0 Å². The third-order valence-electron chi connectivity index (χ3n) is 2.45. The van der Waals surface area contributed by atoms with Crippen molar-refractivity contribution in [3.63, 3.8) is 0 Å². The molecule has 2 rings (SSSR count). The molecule has 0 saturated carbocycles. The smallest absolute Gasteiger partial charge is 0.258 e. The van der Waals surface area contributed by atoms with Crippen LogP contribution in [0.25, 0.3) is 0 Å². The molecule has 0 radical (unpaired) electrons. The highest BCUT2D eigenvalue weighted by atomic mass is 79.9. The van der Waals surface area contributed by atoms with E-state index in [2.05, 4.69) is 31.2 Å². The van der Waals surface area contributed by atoms with Crippen molar-refractivity contribution in [1.29, 1.82) is 0 Å². The van der Waals surface area contributed by atoms with Crippen molar-refractivity contribution in [3.8, 4) is 11.8 Å². The van der Waals surface area contributed by atoms with E-state index in [4.69, 9.17) is 21.1 Å². The zero-order valence-corrected chi connectivity index (χ0v) is 13.5. The summed E-state index contributed by atoms with van der Waals surface area (Å²) in [6.07, 6.45) is 0. The Balaban J connectivity index is 2.26. The fraction of sp³-hybridized carbons (Fsp3) is 0.154. The normalized spacial score (nSPS) is 10.1. The lowest BCUT2D eigenvalue weighted by Crippen LogP contribution is -2.14. The third kappa shape index (κ3) is 4.05. The lowest BCUT2D eigenvalue weighted by molar-refractivity contribution is 0.102. The van der Waals surface area contributed by atoms with Gasteiger partial charge in [-0.15, -0.1) is 0 Å². The van der Waals surface area contributed by atoms with E-state index in [-0.39, 0.29) is 17.7 Å². The highest BCUT2D eigenvalue weighted by Gasteiger charge is 2.12. The Labute approximate surface area is 134 Å². The molecule has 0 unspecified atom stereocenters. The summed E-state index contributed by atoms with van der Waals surface area (Å²) < 4.78 is 10.7. The number of halogens is 2. The van der Waals surface area contributed by atoms with Crippen molar-refractivity contribution < 1.29 is 14.3 Å². The van der Waals surface area contributed by atoms with Gasteiger partial charge < -0.3 is 9.47 Å². The lowest BCUT2D eigenvalue weighted by atomic mass is 10.2. The number of ether oxygens (including phenoxy) is 2. The van der Waals surface area contributed by atoms with Gasteiger partial charge in [-0.3, -0.25) is 10.1 Å². The van der Waals surface area contributed by atoms with Gasteiger partial charge in [-0.1, -0.05) is 27.5 Å². The first-order chi connectivity index (χ1) is 10.0. The Morgan fingerprint density at radius 2 is 1.76 bits per heavy atom. The Hall–Kier alpha value is -1.86. The van der Waals surface area contributed by atoms with Gasteiger partial charge in [0.05, 0.1) is 20.3 Å². The van der Waals surface area contributed by atoms with E-state index in [0.717, 1.165) is 0 Å². The number of carbonyl (C=O) groups excluding carboxylic acids is 1. The van der Waals surface area contributed by atoms with Crippen LogP contribution >= 0.6 is 27.5 Å². The molecule has 1 aromatic carbocycles. The molecule has 0 bridgehead atoms. The molecule has 8 heteroatoms. The first-order valence-corrected chi connectivity index (χ1v) is 6.93. The van der Waals surface area contributed by atoms with Crippen LogP contribution in [0.1, 0.15) is 10.4 Å². The number of nitrogens with one attached hydrogen (secondary N) is 1. The molecular formula is C13H11BrClN3O3. The summed E-state index contributed by atoms with van der Waals surface area (Å²) in [5, 5.41) is 3.00. The molecule has 110 valence electrons. The number of carbonyl (C=O) groups is 1. The Morgan fingerprint density at radius 3 is 2.29 bits per heavy atom. The molecule has 0 saturated heterocycles. The summed E-state index contributed by atoms with van der Waals surface area (Å²) in [5.41, 5.74) is 0.375. The summed E-state index contributed by atoms with van der Waals surface area (Å²) in [7, 11) is 2.92. The quantitative estimate of drug-likeness (QED) is 0.892. The van der Waals surface area contributed by atoms with Crippen molar-refractivity contribution >= 4 is 39.4 Å². The highest BCUT2D eigenvalue weighted by molar-refractivity contribution is 9.10. The van der Waals surface area contributed by atoms with E-state index in [1.54, 1.807) is 18.2 Å². The first kappa shape index (κ1) is 15.5. The summed E-state index contributed by atoms with van der Waals surface area (Å²) >= 11 is 9.19. The van der Waals surface area contributed by atoms with Crippen LogP contribution in [0.2, 0.25) is 5.02 Å². The number of benzene rings is 1. The standard InChI is InChI=1S/C13H11BrClN3O3/c1-20-10-6-11(21-2)17-13(16-10)18-12(19)7-3-8(14)5-9(15)4-7/h3-6H,1-2H3,(H,16,17,18,19). The molecule has 0 aliphatic carbocycles. The van der Waals surface area contributed by atoms with Crippen molar-refractivity contribution in [2.24, 2.45) is 0 Å². The first-order valence-electron chi connectivity index (χ1n) is 5.76. The molecule has 6 nitrogen and oxygen atoms in total. The maximum atomic E-state index is 12.2. The number of hydrogen-bond acceptors (Lipinski definition) is 5. The fourth-order valence-electron chi connectivity index (χ4n) is 1.53. The predicted molar refractivity (Wildman–Crippen MR) is 82.2 cm³/mol. The average molecular weight is 373 g/mol. The van der Waals surface area contributed by atoms with E-state index in [1.807, 2.05) is 0 Å². The van der Waals surface area contributed by atoms with Crippen LogP contribution in [-0.4, -0.2) is 30.1 Å². The van der Waals surface area contributed by atoms with Gasteiger partial charge in [-0.25, -0.2) is 0 Å². The van der Waals surface area contributed by atoms with Gasteiger partial charge in [0.1, 0.15) is 0 Å². The van der Waals surface area contributed by atoms with Crippen molar-refractivity contribution in [1.82, 2.24) is 9.97 Å². The summed E-state index contributed by atoms with van der Waals surface area (Å²) in [6.45, 7) is 0. The van der Waals surface area contributed by atoms with Gasteiger partial charge in [0.15, 0.2) is 0 Å². The topological polar surface area (TPSA) is 73.3 Å². The largest absolute Gasteiger partial charge is 0.481 e. The van der Waals surface area contributed by atoms with E-state index in [0.29, 0.717) is 15.1 Å². The molecule has 0 aliphatic heterocycles. The number of anilines is 1. The minimum atomic E-state index is -0.395. The minimum absolute atomic E-state index is 0.0762. The maximum Gasteiger partial charge on any atom is 0.258 e. The molecular weight excluding hydrogens is 362 g/mol. The monoisotopic (exact) mass is 371 g/mol. The van der Waals surface area contributed by atoms with Crippen LogP contribution < -0.4 is 14.8 Å². The van der Waals surface area contributed by atoms with Gasteiger partial charge in [0.25, 0.3) is 5.91 Å². The van der Waals surface area contributed by atoms with Gasteiger partial charge in [-0.05, 0) is 18.2 Å². The van der Waals surface area contributed by atoms with E-state index < -0.39 is 5.91 Å². The van der Waals surface area contributed by atoms with E-state index in [1.165, 1.54) is 20.3 Å². The second kappa shape index (κ2) is 6.73. The molecule has 1 heterocycles. The Morgan fingerprint density at radius 1 is 1.14 bits per heavy atom. The number of rotatable bonds is 4. The molecule has 1 N–H and O–H groups in total. The third-order valence-corrected chi connectivity index (χ3v) is 3.12. The Kier molecular flexibility index (Phi) is 4.98. The number of aromatic nitrogens is 2. The average Bonchev–Trinajstić information content (AvgIpc) is 2.45. The van der Waals surface area contributed by atoms with Crippen LogP contribution in [0.3, 0.4) is 0 Å². The minimum Gasteiger partial charge on any atom is -0.481 e. The summed E-state index contributed by atoms with van der Waals surface area (Å²) in [6, 6.07) is 6.37. The number of amides is 1. The number of nitrogens with zero attached hydrogens (tertiary/aromatic N) is 2. The van der Waals surface area contributed by atoms with E-state index in [9.17, 15) is 4.79 Å². The van der Waals surface area contributed by atoms with Crippen molar-refractivity contribution in [2.75, 3.05) is 19.5 Å². The molecule has 0 atom stereocenters. The van der Waals surface area contributed by atoms with Gasteiger partial charge >= 0.3 is 0 Å². The molecule has 0 spiro atoms. The van der Waals surface area contributed by atoms with Gasteiger partial charge in [-0.2, -0.15) is 9.97 Å². The summed E-state index contributed by atoms with van der Waals surface area (Å²) in [5.74, 6) is 0.245. The number of methoxy groups -OCH3 is 2. The summed E-state index contributed by atoms with van der Waals surface area (Å²) in [4.78, 5) is 20.2. The van der Waals surface area contributed by atoms with Crippen LogP contribution in [0.15, 0.2) is 28.7 Å². The highest BCUT2D eigenvalue weighted by Crippen LogP contribution is 2.21. The maximum absolute atomic E-state index is 12.2. The molecule has 0 aliphatic rings. The SMILES string of the molecule is COc1cc(OC)nc(NC(=O)c2cc(Cl)cc(Br)c2)n1. The fourth-order valence-corrected chi connectivity index (χ4v) is 2.39. The predicted octanol–water partition coefficient (Wildman–Crippen LogP) is 3.16. The zero-order chi connectivity index (χ0) is 15.4. The second-order valence-corrected chi connectivity index (χ2v) is 5.24. The number of hydrogen-bond donors (Lipinski definition) is 1. The van der Waals surface area contributed by atoms with Gasteiger partial charge in [0, 0.05) is 15.1 Å². The van der Waals surface area contributed by atoms with Crippen molar-refractivity contribution in [3.05, 3.63) is 39.3 Å². The van der Waals surface area contributed by atoms with Gasteiger partial charge in [0.2, 0.25) is 17.7 Å². The molecule has 21 heavy (non-hydrogen) atoms. The molecule has 1 amide bonds. The Bertz CT molecular complexity index is 639. The lowest BCUT2D eigenvalue weighted by Gasteiger charge is -2.08. The zero-order valence-electron chi connectivity index (χ0n) is 11.2. The van der Waals surface area contributed by atoms with Crippen LogP contribution in [0.4, 0.5) is 5.95 Å². The molecule has 1 aromatic heterocycles. The van der Waals surface area contributed by atoms with E-state index >= 15 is 0 Å². The van der Waals surface area contributed by atoms with Crippen LogP contribution in [0, 0.1) is 0 Å². The van der Waals surface area contributed by atoms with Crippen LogP contribution in [0.5, 0.6) is 11.8 Å². The second-order valence-electron chi connectivity index (χ2n) is 3.89. The van der Waals surface area contributed by atoms with Crippen LogP contribution in [-0.2, 0) is 0 Å². The molecule has 2 aromatic rings. The molecule has 0 fully saturated rings.